The largest absolute Gasteiger partial charge is 0.431 e. The number of hydrogen-bond acceptors (Lipinski definition) is 2. The lowest BCUT2D eigenvalue weighted by molar-refractivity contribution is -0.144. The Balaban J connectivity index is 1.42. The number of carbonyl (C=O) groups excluding carboxylic acids is 1. The maximum absolute atomic E-state index is 13.5. The normalized spacial score (nSPS) is 26.8. The fourth-order valence-electron chi connectivity index (χ4n) is 6.37. The molecule has 1 saturated heterocycles. The monoisotopic (exact) mass is 436 g/mol. The zero-order chi connectivity index (χ0) is 22.5. The highest BCUT2D eigenvalue weighted by Gasteiger charge is 2.47. The van der Waals surface area contributed by atoms with Gasteiger partial charge in [0.25, 0.3) is 6.01 Å². The van der Waals surface area contributed by atoms with Crippen LogP contribution < -0.4 is 0 Å². The predicted molar refractivity (Wildman–Crippen MR) is 125 cm³/mol. The molecular weight excluding hydrogens is 403 g/mol. The van der Waals surface area contributed by atoms with Gasteiger partial charge in [0.2, 0.25) is 5.91 Å². The van der Waals surface area contributed by atoms with Crippen molar-refractivity contribution in [3.63, 3.8) is 0 Å². The summed E-state index contributed by atoms with van der Waals surface area (Å²) < 4.78 is 18.8. The SMILES string of the molecule is CC(CC(=O)N1CCCC2(C)C(C)CCCC12)c1c[nH]c2cccc(-c3ccc(F)o3)c12. The van der Waals surface area contributed by atoms with Crippen molar-refractivity contribution in [2.45, 2.75) is 71.3 Å². The summed E-state index contributed by atoms with van der Waals surface area (Å²) in [6, 6.07) is 8.67. The van der Waals surface area contributed by atoms with E-state index in [1.807, 2.05) is 24.4 Å². The Morgan fingerprint density at radius 2 is 2.12 bits per heavy atom. The Bertz CT molecular complexity index is 1130. The number of aromatic nitrogens is 1. The van der Waals surface area contributed by atoms with Gasteiger partial charge in [0.15, 0.2) is 0 Å². The molecule has 5 rings (SSSR count). The summed E-state index contributed by atoms with van der Waals surface area (Å²) >= 11 is 0. The third-order valence-electron chi connectivity index (χ3n) is 8.40. The van der Waals surface area contributed by atoms with Gasteiger partial charge in [-0.05, 0) is 54.2 Å². The van der Waals surface area contributed by atoms with Gasteiger partial charge in [-0.3, -0.25) is 4.79 Å². The minimum atomic E-state index is -0.591. The van der Waals surface area contributed by atoms with Gasteiger partial charge in [0, 0.05) is 47.7 Å². The molecule has 3 aromatic rings. The second-order valence-electron chi connectivity index (χ2n) is 10.2. The number of piperidine rings is 1. The average molecular weight is 437 g/mol. The first-order valence-electron chi connectivity index (χ1n) is 12.0. The number of carbonyl (C=O) groups is 1. The van der Waals surface area contributed by atoms with Gasteiger partial charge in [-0.1, -0.05) is 45.7 Å². The van der Waals surface area contributed by atoms with Gasteiger partial charge in [-0.25, -0.2) is 0 Å². The molecule has 2 aromatic heterocycles. The molecule has 2 aliphatic rings. The molecule has 1 aliphatic heterocycles. The van der Waals surface area contributed by atoms with Gasteiger partial charge in [-0.2, -0.15) is 4.39 Å². The summed E-state index contributed by atoms with van der Waals surface area (Å²) in [5.41, 5.74) is 3.15. The van der Waals surface area contributed by atoms with Crippen LogP contribution in [0.5, 0.6) is 0 Å². The standard InChI is InChI=1S/C27H33FN2O2/c1-17(15-25(31)30-14-6-13-27(3)18(2)7-4-10-23(27)30)20-16-29-21-9-5-8-19(26(20)21)22-11-12-24(28)32-22/h5,8-9,11-12,16-18,23,29H,4,6-7,10,13-15H2,1-3H3. The lowest BCUT2D eigenvalue weighted by atomic mass is 9.61. The number of nitrogens with zero attached hydrogens (tertiary/aromatic N) is 1. The van der Waals surface area contributed by atoms with Crippen LogP contribution in [0.3, 0.4) is 0 Å². The number of furan rings is 1. The Labute approximate surface area is 189 Å². The molecule has 4 atom stereocenters. The summed E-state index contributed by atoms with van der Waals surface area (Å²) in [4.78, 5) is 19.1. The number of hydrogen-bond donors (Lipinski definition) is 1. The van der Waals surface area contributed by atoms with E-state index in [0.29, 0.717) is 24.1 Å². The molecule has 3 heterocycles. The first-order valence-corrected chi connectivity index (χ1v) is 12.0. The lowest BCUT2D eigenvalue weighted by Gasteiger charge is -2.54. The molecule has 170 valence electrons. The molecule has 2 fully saturated rings. The third-order valence-corrected chi connectivity index (χ3v) is 8.40. The molecule has 1 amide bonds. The molecule has 1 saturated carbocycles. The number of H-pyrrole nitrogens is 1. The minimum Gasteiger partial charge on any atom is -0.431 e. The molecule has 32 heavy (non-hydrogen) atoms. The van der Waals surface area contributed by atoms with E-state index < -0.39 is 6.01 Å². The molecule has 1 N–H and O–H groups in total. The van der Waals surface area contributed by atoms with Crippen LogP contribution in [0.15, 0.2) is 40.9 Å². The van der Waals surface area contributed by atoms with Crippen LogP contribution >= 0.6 is 0 Å². The van der Waals surface area contributed by atoms with E-state index in [-0.39, 0.29) is 17.2 Å². The maximum atomic E-state index is 13.5. The molecule has 5 heteroatoms. The number of aromatic amines is 1. The van der Waals surface area contributed by atoms with Gasteiger partial charge in [0.1, 0.15) is 5.76 Å². The molecular formula is C27H33FN2O2. The highest BCUT2D eigenvalue weighted by Crippen LogP contribution is 2.49. The highest BCUT2D eigenvalue weighted by atomic mass is 19.1. The third kappa shape index (κ3) is 3.46. The van der Waals surface area contributed by atoms with Crippen molar-refractivity contribution < 1.29 is 13.6 Å². The summed E-state index contributed by atoms with van der Waals surface area (Å²) in [5, 5.41) is 1.01. The van der Waals surface area contributed by atoms with Crippen molar-refractivity contribution in [2.24, 2.45) is 11.3 Å². The minimum absolute atomic E-state index is 0.0476. The molecule has 4 unspecified atom stereocenters. The highest BCUT2D eigenvalue weighted by molar-refractivity contribution is 5.97. The smallest absolute Gasteiger partial charge is 0.278 e. The Morgan fingerprint density at radius 1 is 1.28 bits per heavy atom. The van der Waals surface area contributed by atoms with E-state index in [2.05, 4.69) is 30.7 Å². The number of likely N-dealkylation sites (tertiary alicyclic amines) is 1. The fourth-order valence-corrected chi connectivity index (χ4v) is 6.37. The van der Waals surface area contributed by atoms with Crippen molar-refractivity contribution in [1.29, 1.82) is 0 Å². The van der Waals surface area contributed by atoms with E-state index in [0.717, 1.165) is 41.4 Å². The fraction of sp³-hybridized carbons (Fsp3) is 0.519. The van der Waals surface area contributed by atoms with E-state index in [4.69, 9.17) is 4.42 Å². The average Bonchev–Trinajstić information content (AvgIpc) is 3.40. The lowest BCUT2D eigenvalue weighted by Crippen LogP contribution is -2.57. The van der Waals surface area contributed by atoms with Crippen molar-refractivity contribution in [3.05, 3.63) is 48.1 Å². The van der Waals surface area contributed by atoms with Crippen LogP contribution in [0, 0.1) is 17.3 Å². The zero-order valence-electron chi connectivity index (χ0n) is 19.3. The number of fused-ring (bicyclic) bond motifs is 2. The molecule has 0 spiro atoms. The second-order valence-corrected chi connectivity index (χ2v) is 10.2. The van der Waals surface area contributed by atoms with E-state index in [1.54, 1.807) is 6.07 Å². The van der Waals surface area contributed by atoms with Gasteiger partial charge in [0.05, 0.1) is 0 Å². The molecule has 0 radical (unpaired) electrons. The van der Waals surface area contributed by atoms with Crippen LogP contribution in [0.1, 0.15) is 70.8 Å². The molecule has 1 aliphatic carbocycles. The molecule has 0 bridgehead atoms. The van der Waals surface area contributed by atoms with Crippen LogP contribution in [0.25, 0.3) is 22.2 Å². The maximum Gasteiger partial charge on any atom is 0.278 e. The number of halogens is 1. The van der Waals surface area contributed by atoms with Crippen molar-refractivity contribution in [3.8, 4) is 11.3 Å². The van der Waals surface area contributed by atoms with Gasteiger partial charge >= 0.3 is 0 Å². The summed E-state index contributed by atoms with van der Waals surface area (Å²) in [6.07, 6.45) is 8.41. The second kappa shape index (κ2) is 8.09. The van der Waals surface area contributed by atoms with Crippen LogP contribution in [-0.4, -0.2) is 28.4 Å². The predicted octanol–water partition coefficient (Wildman–Crippen LogP) is 6.88. The Hall–Kier alpha value is -2.56. The van der Waals surface area contributed by atoms with Crippen molar-refractivity contribution >= 4 is 16.8 Å². The van der Waals surface area contributed by atoms with Crippen molar-refractivity contribution in [1.82, 2.24) is 9.88 Å². The summed E-state index contributed by atoms with van der Waals surface area (Å²) in [7, 11) is 0. The van der Waals surface area contributed by atoms with Crippen LogP contribution in [-0.2, 0) is 4.79 Å². The molecule has 4 nitrogen and oxygen atoms in total. The van der Waals surface area contributed by atoms with Crippen LogP contribution in [0.2, 0.25) is 0 Å². The van der Waals surface area contributed by atoms with E-state index >= 15 is 0 Å². The Morgan fingerprint density at radius 3 is 2.91 bits per heavy atom. The molecule has 1 aromatic carbocycles. The quantitative estimate of drug-likeness (QED) is 0.485. The van der Waals surface area contributed by atoms with Crippen LogP contribution in [0.4, 0.5) is 4.39 Å². The number of nitrogens with one attached hydrogen (secondary N) is 1. The van der Waals surface area contributed by atoms with E-state index in [9.17, 15) is 9.18 Å². The van der Waals surface area contributed by atoms with Gasteiger partial charge < -0.3 is 14.3 Å². The number of amides is 1. The topological polar surface area (TPSA) is 49.2 Å². The zero-order valence-corrected chi connectivity index (χ0v) is 19.3. The first kappa shape index (κ1) is 21.3. The van der Waals surface area contributed by atoms with E-state index in [1.165, 1.54) is 25.3 Å². The Kier molecular flexibility index (Phi) is 5.39. The first-order chi connectivity index (χ1) is 15.4. The van der Waals surface area contributed by atoms with Gasteiger partial charge in [-0.15, -0.1) is 0 Å². The number of rotatable bonds is 4. The van der Waals surface area contributed by atoms with Crippen molar-refractivity contribution in [2.75, 3.05) is 6.54 Å². The summed E-state index contributed by atoms with van der Waals surface area (Å²) in [5.74, 6) is 1.49. The number of benzene rings is 1. The summed E-state index contributed by atoms with van der Waals surface area (Å²) in [6.45, 7) is 7.77.